The molecule has 0 aliphatic heterocycles. The largest absolute Gasteiger partial charge is 0.344 e. The minimum atomic E-state index is -3.13. The second-order valence-corrected chi connectivity index (χ2v) is 12.8. The van der Waals surface area contributed by atoms with Crippen molar-refractivity contribution in [2.24, 2.45) is 11.7 Å². The lowest BCUT2D eigenvalue weighted by atomic mass is 10.0. The number of carbonyl (C=O) groups is 2. The van der Waals surface area contributed by atoms with E-state index in [0.29, 0.717) is 6.42 Å². The molecule has 0 heterocycles. The maximum atomic E-state index is 14.1. The monoisotopic (exact) mass is 535 g/mol. The number of hydrogen-bond acceptors (Lipinski definition) is 4. The van der Waals surface area contributed by atoms with Gasteiger partial charge in [-0.2, -0.15) is 5.26 Å². The average Bonchev–Trinajstić information content (AvgIpc) is 2.91. The van der Waals surface area contributed by atoms with Crippen molar-refractivity contribution in [3.05, 3.63) is 91.0 Å². The van der Waals surface area contributed by atoms with Crippen molar-refractivity contribution in [2.45, 2.75) is 45.2 Å². The summed E-state index contributed by atoms with van der Waals surface area (Å²) in [4.78, 5) is 27.0. The standard InChI is InChI=1S/C30H32F2N3O2P/c1-21(2)18-25(34)30(37)35-26(19-28(31)32)29(36)27(20-33)38(22-12-6-3-7-13-22,23-14-8-4-9-15-23)24-16-10-5-11-17-24/h3-17,21,25-26,28H,18-19,34H2,1-2H3,(H,35,37)/t25-,26?/m0/s1. The molecule has 0 saturated heterocycles. The van der Waals surface area contributed by atoms with Crippen LogP contribution in [0.5, 0.6) is 0 Å². The summed E-state index contributed by atoms with van der Waals surface area (Å²) in [6, 6.07) is 27.0. The van der Waals surface area contributed by atoms with E-state index in [1.807, 2.05) is 105 Å². The Balaban J connectivity index is 2.34. The second kappa shape index (κ2) is 13.3. The van der Waals surface area contributed by atoms with Crippen LogP contribution >= 0.6 is 6.89 Å². The van der Waals surface area contributed by atoms with Crippen molar-refractivity contribution >= 4 is 39.8 Å². The number of rotatable bonds is 11. The number of nitrogens with one attached hydrogen (secondary N) is 1. The Labute approximate surface area is 222 Å². The van der Waals surface area contributed by atoms with Gasteiger partial charge in [0.25, 0.3) is 0 Å². The summed E-state index contributed by atoms with van der Waals surface area (Å²) >= 11 is 0. The van der Waals surface area contributed by atoms with Crippen LogP contribution in [0.3, 0.4) is 0 Å². The predicted molar refractivity (Wildman–Crippen MR) is 151 cm³/mol. The summed E-state index contributed by atoms with van der Waals surface area (Å²) in [6.45, 7) is 0.640. The quantitative estimate of drug-likeness (QED) is 0.366. The summed E-state index contributed by atoms with van der Waals surface area (Å²) in [5, 5.41) is 15.0. The predicted octanol–water partition coefficient (Wildman–Crippen LogP) is 3.76. The third-order valence-corrected chi connectivity index (χ3v) is 10.4. The van der Waals surface area contributed by atoms with Crippen LogP contribution in [-0.2, 0) is 9.59 Å². The van der Waals surface area contributed by atoms with Crippen LogP contribution in [0.15, 0.2) is 91.0 Å². The topological polar surface area (TPSA) is 96.0 Å². The molecule has 0 bridgehead atoms. The van der Waals surface area contributed by atoms with E-state index in [-0.39, 0.29) is 11.2 Å². The lowest BCUT2D eigenvalue weighted by molar-refractivity contribution is -0.127. The van der Waals surface area contributed by atoms with Crippen LogP contribution in [-0.4, -0.2) is 35.5 Å². The minimum absolute atomic E-state index is 0.0917. The number of nitrogens with two attached hydrogens (primary N) is 1. The van der Waals surface area contributed by atoms with Crippen LogP contribution < -0.4 is 27.0 Å². The highest BCUT2D eigenvalue weighted by atomic mass is 31.2. The third-order valence-electron chi connectivity index (χ3n) is 6.21. The Morgan fingerprint density at radius 1 is 0.842 bits per heavy atom. The van der Waals surface area contributed by atoms with Crippen molar-refractivity contribution in [3.8, 4) is 6.07 Å². The zero-order chi connectivity index (χ0) is 27.7. The summed E-state index contributed by atoms with van der Waals surface area (Å²) in [5.74, 6) is -1.44. The van der Waals surface area contributed by atoms with Gasteiger partial charge in [-0.25, -0.2) is 8.78 Å². The molecule has 8 heteroatoms. The van der Waals surface area contributed by atoms with Gasteiger partial charge in [-0.3, -0.25) is 9.59 Å². The molecule has 1 unspecified atom stereocenters. The first-order valence-electron chi connectivity index (χ1n) is 12.4. The number of nitrogens with zero attached hydrogens (tertiary/aromatic N) is 1. The van der Waals surface area contributed by atoms with Gasteiger partial charge in [-0.1, -0.05) is 105 Å². The molecule has 5 nitrogen and oxygen atoms in total. The molecule has 1 amide bonds. The average molecular weight is 536 g/mol. The zero-order valence-corrected chi connectivity index (χ0v) is 22.3. The number of benzene rings is 3. The van der Waals surface area contributed by atoms with Gasteiger partial charge < -0.3 is 11.1 Å². The van der Waals surface area contributed by atoms with E-state index in [9.17, 15) is 23.6 Å². The van der Waals surface area contributed by atoms with Gasteiger partial charge in [0, 0.05) is 6.42 Å². The molecule has 198 valence electrons. The molecular weight excluding hydrogens is 503 g/mol. The molecule has 3 aromatic carbocycles. The van der Waals surface area contributed by atoms with Crippen molar-refractivity contribution in [3.63, 3.8) is 0 Å². The van der Waals surface area contributed by atoms with Crippen LogP contribution in [0, 0.1) is 17.2 Å². The second-order valence-electron chi connectivity index (χ2n) is 9.43. The molecule has 3 N–H and O–H groups in total. The molecule has 2 atom stereocenters. The van der Waals surface area contributed by atoms with Gasteiger partial charge in [-0.15, -0.1) is 0 Å². The van der Waals surface area contributed by atoms with Crippen LogP contribution in [0.1, 0.15) is 26.7 Å². The van der Waals surface area contributed by atoms with Crippen molar-refractivity contribution < 1.29 is 18.4 Å². The van der Waals surface area contributed by atoms with Crippen LogP contribution in [0.4, 0.5) is 8.78 Å². The van der Waals surface area contributed by atoms with Gasteiger partial charge in [0.05, 0.1) is 12.1 Å². The normalized spacial score (nSPS) is 13.0. The first kappa shape index (κ1) is 29.0. The van der Waals surface area contributed by atoms with E-state index in [4.69, 9.17) is 5.73 Å². The van der Waals surface area contributed by atoms with Crippen molar-refractivity contribution in [1.29, 1.82) is 5.26 Å². The lowest BCUT2D eigenvalue weighted by Crippen LogP contribution is -2.51. The molecule has 0 aliphatic carbocycles. The van der Waals surface area contributed by atoms with E-state index < -0.39 is 43.5 Å². The van der Waals surface area contributed by atoms with Gasteiger partial charge in [-0.05, 0) is 35.1 Å². The van der Waals surface area contributed by atoms with Gasteiger partial charge in [0.1, 0.15) is 11.4 Å². The lowest BCUT2D eigenvalue weighted by Gasteiger charge is -2.31. The van der Waals surface area contributed by atoms with E-state index in [0.717, 1.165) is 15.9 Å². The maximum Gasteiger partial charge on any atom is 0.241 e. The fraction of sp³-hybridized carbons (Fsp3) is 0.267. The van der Waals surface area contributed by atoms with Gasteiger partial charge >= 0.3 is 0 Å². The Kier molecular flexibility index (Phi) is 10.1. The van der Waals surface area contributed by atoms with Crippen LogP contribution in [0.2, 0.25) is 0 Å². The number of halogens is 2. The van der Waals surface area contributed by atoms with E-state index in [1.54, 1.807) is 0 Å². The highest BCUT2D eigenvalue weighted by molar-refractivity contribution is 7.97. The summed E-state index contributed by atoms with van der Waals surface area (Å²) in [6.07, 6.45) is -3.49. The minimum Gasteiger partial charge on any atom is -0.344 e. The SMILES string of the molecule is CC(C)C[C@H](N)C(=O)NC(CC(F)F)C(=O)C(C#N)=P(c1ccccc1)(c1ccccc1)c1ccccc1. The first-order valence-corrected chi connectivity index (χ1v) is 14.2. The number of hydrogen-bond donors (Lipinski definition) is 2. The number of ketones is 1. The molecule has 0 aliphatic rings. The number of alkyl halides is 2. The highest BCUT2D eigenvalue weighted by Gasteiger charge is 2.37. The van der Waals surface area contributed by atoms with Crippen molar-refractivity contribution in [1.82, 2.24) is 5.32 Å². The Hall–Kier alpha value is -3.59. The number of nitriles is 1. The Morgan fingerprint density at radius 3 is 1.61 bits per heavy atom. The van der Waals surface area contributed by atoms with Crippen molar-refractivity contribution in [2.75, 3.05) is 0 Å². The third kappa shape index (κ3) is 6.45. The molecule has 0 saturated carbocycles. The van der Waals surface area contributed by atoms with E-state index in [1.165, 1.54) is 0 Å². The maximum absolute atomic E-state index is 14.1. The Morgan fingerprint density at radius 2 is 1.26 bits per heavy atom. The summed E-state index contributed by atoms with van der Waals surface area (Å²) in [5.41, 5.74) is 5.99. The molecule has 0 spiro atoms. The van der Waals surface area contributed by atoms with Crippen LogP contribution in [0.25, 0.3) is 0 Å². The Bertz CT molecular complexity index is 1220. The smallest absolute Gasteiger partial charge is 0.241 e. The fourth-order valence-electron chi connectivity index (χ4n) is 4.55. The summed E-state index contributed by atoms with van der Waals surface area (Å²) < 4.78 is 27.4. The molecule has 3 rings (SSSR count). The zero-order valence-electron chi connectivity index (χ0n) is 21.4. The van der Waals surface area contributed by atoms with E-state index in [2.05, 4.69) is 11.4 Å². The molecule has 3 aromatic rings. The van der Waals surface area contributed by atoms with E-state index >= 15 is 0 Å². The van der Waals surface area contributed by atoms with Gasteiger partial charge in [0.15, 0.2) is 5.78 Å². The number of Topliss-reactive ketones (excluding diaryl/α,β-unsaturated/α-hetero) is 1. The number of amides is 1. The fourth-order valence-corrected chi connectivity index (χ4v) is 8.72. The first-order chi connectivity index (χ1) is 18.2. The molecule has 0 aromatic heterocycles. The molecular formula is C30H32F2N3O2P. The number of carbonyl (C=O) groups excluding carboxylic acids is 2. The molecule has 0 fully saturated rings. The summed E-state index contributed by atoms with van der Waals surface area (Å²) in [7, 11) is 0. The molecule has 0 radical (unpaired) electrons. The van der Waals surface area contributed by atoms with Gasteiger partial charge in [0.2, 0.25) is 12.3 Å². The highest BCUT2D eigenvalue weighted by Crippen LogP contribution is 2.46. The molecule has 38 heavy (non-hydrogen) atoms.